The molecule has 0 saturated carbocycles. The molecule has 1 saturated heterocycles. The maximum atomic E-state index is 11.7. The summed E-state index contributed by atoms with van der Waals surface area (Å²) in [5, 5.41) is 22.2. The van der Waals surface area contributed by atoms with Crippen molar-refractivity contribution in [2.24, 2.45) is 11.5 Å². The molecule has 19 heavy (non-hydrogen) atoms. The first-order valence-electron chi connectivity index (χ1n) is 6.77. The Balaban J connectivity index is 2.32. The molecule has 0 radical (unpaired) electrons. The predicted molar refractivity (Wildman–Crippen MR) is 70.0 cm³/mol. The van der Waals surface area contributed by atoms with Crippen LogP contribution in [-0.4, -0.2) is 53.7 Å². The fourth-order valence-corrected chi connectivity index (χ4v) is 2.00. The van der Waals surface area contributed by atoms with Crippen molar-refractivity contribution in [1.29, 1.82) is 0 Å². The van der Waals surface area contributed by atoms with Crippen LogP contribution in [-0.2, 0) is 9.53 Å². The number of aliphatic hydroxyl groups is 2. The number of carbonyl (C=O) groups is 1. The van der Waals surface area contributed by atoms with Gasteiger partial charge in [0, 0.05) is 0 Å². The van der Waals surface area contributed by atoms with Gasteiger partial charge in [-0.25, -0.2) is 0 Å². The molecule has 1 aliphatic rings. The highest BCUT2D eigenvalue weighted by Gasteiger charge is 2.39. The highest BCUT2D eigenvalue weighted by molar-refractivity contribution is 5.81. The highest BCUT2D eigenvalue weighted by Crippen LogP contribution is 2.22. The summed E-state index contributed by atoms with van der Waals surface area (Å²) in [4.78, 5) is 11.7. The second kappa shape index (κ2) is 7.76. The molecule has 112 valence electrons. The van der Waals surface area contributed by atoms with Gasteiger partial charge in [-0.05, 0) is 32.2 Å². The minimum Gasteiger partial charge on any atom is -0.387 e. The SMILES string of the molecule is NCCCC[C@H](N)C(=O)NC[C@]1(O)OCCCC1O. The third-order valence-electron chi connectivity index (χ3n) is 3.32. The van der Waals surface area contributed by atoms with Gasteiger partial charge in [-0.3, -0.25) is 4.79 Å². The number of amides is 1. The standard InChI is InChI=1S/C12H25N3O4/c13-6-2-1-4-9(14)11(17)15-8-12(18)10(16)5-3-7-19-12/h9-10,16,18H,1-8,13-14H2,(H,15,17)/t9-,10?,12-/m0/s1. The monoisotopic (exact) mass is 275 g/mol. The molecule has 0 aliphatic carbocycles. The van der Waals surface area contributed by atoms with Crippen LogP contribution in [0.2, 0.25) is 0 Å². The number of nitrogens with two attached hydrogens (primary N) is 2. The van der Waals surface area contributed by atoms with Crippen LogP contribution in [0.3, 0.4) is 0 Å². The molecular weight excluding hydrogens is 250 g/mol. The van der Waals surface area contributed by atoms with E-state index < -0.39 is 17.9 Å². The van der Waals surface area contributed by atoms with Crippen LogP contribution in [0, 0.1) is 0 Å². The van der Waals surface area contributed by atoms with Crippen molar-refractivity contribution in [3.63, 3.8) is 0 Å². The number of aliphatic hydroxyl groups excluding tert-OH is 1. The molecule has 7 heteroatoms. The Morgan fingerprint density at radius 2 is 2.26 bits per heavy atom. The Hall–Kier alpha value is -0.730. The Morgan fingerprint density at radius 3 is 2.89 bits per heavy atom. The molecule has 0 spiro atoms. The Kier molecular flexibility index (Phi) is 6.67. The van der Waals surface area contributed by atoms with Gasteiger partial charge in [-0.2, -0.15) is 0 Å². The maximum absolute atomic E-state index is 11.7. The molecule has 0 aromatic heterocycles. The smallest absolute Gasteiger partial charge is 0.237 e. The topological polar surface area (TPSA) is 131 Å². The highest BCUT2D eigenvalue weighted by atomic mass is 16.6. The van der Waals surface area contributed by atoms with Crippen molar-refractivity contribution in [3.05, 3.63) is 0 Å². The van der Waals surface area contributed by atoms with E-state index in [1.165, 1.54) is 0 Å². The molecule has 3 atom stereocenters. The van der Waals surface area contributed by atoms with Crippen molar-refractivity contribution in [1.82, 2.24) is 5.32 Å². The normalized spacial score (nSPS) is 28.9. The largest absolute Gasteiger partial charge is 0.387 e. The second-order valence-corrected chi connectivity index (χ2v) is 4.96. The van der Waals surface area contributed by atoms with Crippen LogP contribution in [0.5, 0.6) is 0 Å². The zero-order valence-electron chi connectivity index (χ0n) is 11.2. The van der Waals surface area contributed by atoms with Crippen LogP contribution in [0.1, 0.15) is 32.1 Å². The zero-order valence-corrected chi connectivity index (χ0v) is 11.2. The maximum Gasteiger partial charge on any atom is 0.237 e. The average molecular weight is 275 g/mol. The van der Waals surface area contributed by atoms with E-state index in [0.29, 0.717) is 32.4 Å². The van der Waals surface area contributed by atoms with Gasteiger partial charge in [0.25, 0.3) is 0 Å². The fraction of sp³-hybridized carbons (Fsp3) is 0.917. The van der Waals surface area contributed by atoms with Crippen molar-refractivity contribution >= 4 is 5.91 Å². The van der Waals surface area contributed by atoms with Crippen molar-refractivity contribution in [2.45, 2.75) is 50.0 Å². The van der Waals surface area contributed by atoms with Crippen molar-refractivity contribution < 1.29 is 19.7 Å². The summed E-state index contributed by atoms with van der Waals surface area (Å²) in [5.41, 5.74) is 11.1. The van der Waals surface area contributed by atoms with E-state index in [0.717, 1.165) is 12.8 Å². The third kappa shape index (κ3) is 5.04. The number of carbonyl (C=O) groups excluding carboxylic acids is 1. The van der Waals surface area contributed by atoms with Gasteiger partial charge in [-0.15, -0.1) is 0 Å². The van der Waals surface area contributed by atoms with E-state index in [4.69, 9.17) is 16.2 Å². The molecule has 0 bridgehead atoms. The van der Waals surface area contributed by atoms with Gasteiger partial charge in [-0.1, -0.05) is 6.42 Å². The lowest BCUT2D eigenvalue weighted by molar-refractivity contribution is -0.271. The number of rotatable bonds is 7. The minimum atomic E-state index is -1.70. The fourth-order valence-electron chi connectivity index (χ4n) is 2.00. The molecule has 1 aliphatic heterocycles. The summed E-state index contributed by atoms with van der Waals surface area (Å²) in [5.74, 6) is -2.06. The minimum absolute atomic E-state index is 0.155. The summed E-state index contributed by atoms with van der Waals surface area (Å²) >= 11 is 0. The summed E-state index contributed by atoms with van der Waals surface area (Å²) in [6.07, 6.45) is 2.31. The van der Waals surface area contributed by atoms with Crippen molar-refractivity contribution in [2.75, 3.05) is 19.7 Å². The van der Waals surface area contributed by atoms with E-state index in [-0.39, 0.29) is 12.5 Å². The number of hydrogen-bond acceptors (Lipinski definition) is 6. The lowest BCUT2D eigenvalue weighted by atomic mass is 10.0. The van der Waals surface area contributed by atoms with E-state index in [1.807, 2.05) is 0 Å². The Bertz CT molecular complexity index is 290. The number of ether oxygens (including phenoxy) is 1. The molecule has 1 heterocycles. The van der Waals surface area contributed by atoms with Gasteiger partial charge in [0.15, 0.2) is 0 Å². The summed E-state index contributed by atoms with van der Waals surface area (Å²) in [7, 11) is 0. The van der Waals surface area contributed by atoms with Crippen LogP contribution < -0.4 is 16.8 Å². The van der Waals surface area contributed by atoms with E-state index in [2.05, 4.69) is 5.32 Å². The van der Waals surface area contributed by atoms with Gasteiger partial charge in [0.2, 0.25) is 11.7 Å². The summed E-state index contributed by atoms with van der Waals surface area (Å²) in [6, 6.07) is -0.629. The van der Waals surface area contributed by atoms with Crippen LogP contribution in [0.15, 0.2) is 0 Å². The van der Waals surface area contributed by atoms with E-state index >= 15 is 0 Å². The van der Waals surface area contributed by atoms with Gasteiger partial charge in [0.1, 0.15) is 6.10 Å². The molecule has 1 amide bonds. The lowest BCUT2D eigenvalue weighted by Gasteiger charge is -2.36. The van der Waals surface area contributed by atoms with E-state index in [9.17, 15) is 15.0 Å². The third-order valence-corrected chi connectivity index (χ3v) is 3.32. The van der Waals surface area contributed by atoms with Gasteiger partial charge < -0.3 is 31.7 Å². The van der Waals surface area contributed by atoms with E-state index in [1.54, 1.807) is 0 Å². The predicted octanol–water partition coefficient (Wildman–Crippen LogP) is -1.58. The second-order valence-electron chi connectivity index (χ2n) is 4.96. The van der Waals surface area contributed by atoms with Crippen LogP contribution in [0.25, 0.3) is 0 Å². The summed E-state index contributed by atoms with van der Waals surface area (Å²) < 4.78 is 5.14. The molecule has 7 N–H and O–H groups in total. The quantitative estimate of drug-likeness (QED) is 0.356. The van der Waals surface area contributed by atoms with Crippen LogP contribution >= 0.6 is 0 Å². The Morgan fingerprint density at radius 1 is 1.53 bits per heavy atom. The molecule has 1 unspecified atom stereocenters. The lowest BCUT2D eigenvalue weighted by Crippen LogP contribution is -2.57. The first-order chi connectivity index (χ1) is 8.99. The average Bonchev–Trinajstić information content (AvgIpc) is 2.40. The van der Waals surface area contributed by atoms with Gasteiger partial charge >= 0.3 is 0 Å². The molecule has 1 rings (SSSR count). The van der Waals surface area contributed by atoms with Gasteiger partial charge in [0.05, 0.1) is 19.2 Å². The zero-order chi connectivity index (χ0) is 14.3. The number of unbranched alkanes of at least 4 members (excludes halogenated alkanes) is 1. The summed E-state index contributed by atoms with van der Waals surface area (Å²) in [6.45, 7) is 0.789. The first kappa shape index (κ1) is 16.3. The van der Waals surface area contributed by atoms with Crippen molar-refractivity contribution in [3.8, 4) is 0 Å². The molecule has 7 nitrogen and oxygen atoms in total. The molecular formula is C12H25N3O4. The number of hydrogen-bond donors (Lipinski definition) is 5. The first-order valence-corrected chi connectivity index (χ1v) is 6.77. The molecule has 0 aromatic rings. The number of nitrogens with one attached hydrogen (secondary N) is 1. The molecule has 1 fully saturated rings. The van der Waals surface area contributed by atoms with Crippen LogP contribution in [0.4, 0.5) is 0 Å². The Labute approximate surface area is 113 Å². The molecule has 0 aromatic carbocycles.